The van der Waals surface area contributed by atoms with Crippen LogP contribution in [-0.4, -0.2) is 31.7 Å². The number of benzene rings is 2. The molecule has 1 saturated heterocycles. The number of carbonyl (C=O) groups excluding carboxylic acids is 1. The van der Waals surface area contributed by atoms with E-state index >= 15 is 0 Å². The van der Waals surface area contributed by atoms with Gasteiger partial charge in [0.2, 0.25) is 5.91 Å². The fourth-order valence-corrected chi connectivity index (χ4v) is 2.72. The van der Waals surface area contributed by atoms with Crippen molar-refractivity contribution < 1.29 is 9.53 Å². The van der Waals surface area contributed by atoms with Crippen LogP contribution >= 0.6 is 0 Å². The van der Waals surface area contributed by atoms with Crippen molar-refractivity contribution >= 4 is 5.91 Å². The van der Waals surface area contributed by atoms with Crippen LogP contribution in [0.25, 0.3) is 11.1 Å². The van der Waals surface area contributed by atoms with Crippen LogP contribution < -0.4 is 10.6 Å². The zero-order valence-corrected chi connectivity index (χ0v) is 13.1. The lowest BCUT2D eigenvalue weighted by Crippen LogP contribution is -2.41. The van der Waals surface area contributed by atoms with Crippen LogP contribution in [-0.2, 0) is 16.1 Å². The molecule has 1 aliphatic rings. The van der Waals surface area contributed by atoms with Crippen molar-refractivity contribution in [2.75, 3.05) is 19.7 Å². The molecule has 120 valence electrons. The van der Waals surface area contributed by atoms with Crippen molar-refractivity contribution in [2.45, 2.75) is 19.1 Å². The van der Waals surface area contributed by atoms with Gasteiger partial charge in [-0.3, -0.25) is 4.79 Å². The molecular formula is C19H22N2O2. The van der Waals surface area contributed by atoms with Gasteiger partial charge in [-0.1, -0.05) is 48.5 Å². The van der Waals surface area contributed by atoms with E-state index in [9.17, 15) is 4.79 Å². The van der Waals surface area contributed by atoms with Gasteiger partial charge in [-0.25, -0.2) is 0 Å². The lowest BCUT2D eigenvalue weighted by molar-refractivity contribution is -0.124. The highest BCUT2D eigenvalue weighted by molar-refractivity contribution is 5.76. The molecule has 0 saturated carbocycles. The molecule has 1 fully saturated rings. The predicted octanol–water partition coefficient (Wildman–Crippen LogP) is 2.35. The van der Waals surface area contributed by atoms with Crippen molar-refractivity contribution in [1.29, 1.82) is 0 Å². The van der Waals surface area contributed by atoms with Crippen LogP contribution in [0.15, 0.2) is 54.6 Å². The Bertz CT molecular complexity index is 637. The van der Waals surface area contributed by atoms with Gasteiger partial charge >= 0.3 is 0 Å². The lowest BCUT2D eigenvalue weighted by Gasteiger charge is -2.23. The number of carbonyl (C=O) groups is 1. The molecule has 0 aromatic heterocycles. The minimum absolute atomic E-state index is 0.0144. The van der Waals surface area contributed by atoms with Gasteiger partial charge < -0.3 is 15.4 Å². The summed E-state index contributed by atoms with van der Waals surface area (Å²) in [5.41, 5.74) is 3.45. The number of hydrogen-bond acceptors (Lipinski definition) is 3. The van der Waals surface area contributed by atoms with Crippen LogP contribution in [0.4, 0.5) is 0 Å². The summed E-state index contributed by atoms with van der Waals surface area (Å²) < 4.78 is 5.55. The van der Waals surface area contributed by atoms with E-state index in [4.69, 9.17) is 4.74 Å². The van der Waals surface area contributed by atoms with Crippen LogP contribution in [0.1, 0.15) is 12.0 Å². The predicted molar refractivity (Wildman–Crippen MR) is 91.0 cm³/mol. The Labute approximate surface area is 136 Å². The zero-order chi connectivity index (χ0) is 15.9. The second kappa shape index (κ2) is 7.90. The Kier molecular flexibility index (Phi) is 5.40. The van der Waals surface area contributed by atoms with Gasteiger partial charge in [0.15, 0.2) is 0 Å². The molecule has 1 heterocycles. The number of rotatable bonds is 5. The first-order valence-electron chi connectivity index (χ1n) is 8.04. The molecule has 0 spiro atoms. The first kappa shape index (κ1) is 15.7. The van der Waals surface area contributed by atoms with E-state index in [1.807, 2.05) is 30.3 Å². The molecule has 2 aromatic rings. The molecule has 1 atom stereocenters. The molecule has 4 nitrogen and oxygen atoms in total. The summed E-state index contributed by atoms with van der Waals surface area (Å²) in [5, 5.41) is 6.21. The summed E-state index contributed by atoms with van der Waals surface area (Å²) in [5.74, 6) is 0.0313. The van der Waals surface area contributed by atoms with Crippen molar-refractivity contribution in [3.8, 4) is 11.1 Å². The standard InChI is InChI=1S/C19H22N2O2/c22-19(12-18-14-20-9-10-23-18)21-13-15-5-4-8-17(11-15)16-6-2-1-3-7-16/h1-8,11,18,20H,9-10,12-14H2,(H,21,22)/t18-/m1/s1. The highest BCUT2D eigenvalue weighted by atomic mass is 16.5. The molecule has 23 heavy (non-hydrogen) atoms. The molecule has 0 radical (unpaired) electrons. The quantitative estimate of drug-likeness (QED) is 0.891. The largest absolute Gasteiger partial charge is 0.375 e. The Morgan fingerprint density at radius 2 is 1.96 bits per heavy atom. The fraction of sp³-hybridized carbons (Fsp3) is 0.316. The van der Waals surface area contributed by atoms with E-state index in [0.717, 1.165) is 24.2 Å². The number of nitrogens with one attached hydrogen (secondary N) is 2. The number of amides is 1. The monoisotopic (exact) mass is 310 g/mol. The third-order valence-electron chi connectivity index (χ3n) is 3.94. The van der Waals surface area contributed by atoms with Crippen LogP contribution in [0.5, 0.6) is 0 Å². The maximum absolute atomic E-state index is 12.0. The maximum Gasteiger partial charge on any atom is 0.222 e. The third-order valence-corrected chi connectivity index (χ3v) is 3.94. The minimum Gasteiger partial charge on any atom is -0.375 e. The summed E-state index contributed by atoms with van der Waals surface area (Å²) in [4.78, 5) is 12.0. The second-order valence-electron chi connectivity index (χ2n) is 5.74. The molecule has 2 N–H and O–H groups in total. The summed E-state index contributed by atoms with van der Waals surface area (Å²) in [6.45, 7) is 2.83. The molecule has 1 aliphatic heterocycles. The lowest BCUT2D eigenvalue weighted by atomic mass is 10.0. The van der Waals surface area contributed by atoms with Gasteiger partial charge in [0.1, 0.15) is 0 Å². The first-order valence-corrected chi connectivity index (χ1v) is 8.04. The Balaban J connectivity index is 1.55. The molecule has 1 amide bonds. The summed E-state index contributed by atoms with van der Waals surface area (Å²) in [6.07, 6.45) is 0.394. The van der Waals surface area contributed by atoms with Gasteiger partial charge in [-0.15, -0.1) is 0 Å². The van der Waals surface area contributed by atoms with E-state index in [1.165, 1.54) is 5.56 Å². The summed E-state index contributed by atoms with van der Waals surface area (Å²) >= 11 is 0. The van der Waals surface area contributed by atoms with E-state index in [2.05, 4.69) is 34.9 Å². The number of morpholine rings is 1. The topological polar surface area (TPSA) is 50.4 Å². The maximum atomic E-state index is 12.0. The highest BCUT2D eigenvalue weighted by Gasteiger charge is 2.16. The number of hydrogen-bond donors (Lipinski definition) is 2. The Morgan fingerprint density at radius 1 is 1.13 bits per heavy atom. The van der Waals surface area contributed by atoms with E-state index in [1.54, 1.807) is 0 Å². The van der Waals surface area contributed by atoms with Crippen molar-refractivity contribution in [2.24, 2.45) is 0 Å². The van der Waals surface area contributed by atoms with Gasteiger partial charge in [0, 0.05) is 19.6 Å². The van der Waals surface area contributed by atoms with Gasteiger partial charge in [-0.05, 0) is 22.8 Å². The Morgan fingerprint density at radius 3 is 2.74 bits per heavy atom. The molecular weight excluding hydrogens is 288 g/mol. The van der Waals surface area contributed by atoms with Crippen molar-refractivity contribution in [1.82, 2.24) is 10.6 Å². The normalized spacial score (nSPS) is 17.7. The van der Waals surface area contributed by atoms with E-state index in [0.29, 0.717) is 19.6 Å². The first-order chi connectivity index (χ1) is 11.3. The summed E-state index contributed by atoms with van der Waals surface area (Å²) in [6, 6.07) is 18.5. The number of ether oxygens (including phenoxy) is 1. The highest BCUT2D eigenvalue weighted by Crippen LogP contribution is 2.19. The minimum atomic E-state index is -0.0144. The smallest absolute Gasteiger partial charge is 0.222 e. The summed E-state index contributed by atoms with van der Waals surface area (Å²) in [7, 11) is 0. The zero-order valence-electron chi connectivity index (χ0n) is 13.1. The van der Waals surface area contributed by atoms with Crippen molar-refractivity contribution in [3.05, 3.63) is 60.2 Å². The van der Waals surface area contributed by atoms with Gasteiger partial charge in [0.25, 0.3) is 0 Å². The van der Waals surface area contributed by atoms with E-state index < -0.39 is 0 Å². The van der Waals surface area contributed by atoms with Crippen LogP contribution in [0.2, 0.25) is 0 Å². The molecule has 0 aliphatic carbocycles. The average Bonchev–Trinajstić information content (AvgIpc) is 2.62. The van der Waals surface area contributed by atoms with E-state index in [-0.39, 0.29) is 12.0 Å². The fourth-order valence-electron chi connectivity index (χ4n) is 2.72. The average molecular weight is 310 g/mol. The molecule has 4 heteroatoms. The van der Waals surface area contributed by atoms with Gasteiger partial charge in [0.05, 0.1) is 19.1 Å². The van der Waals surface area contributed by atoms with Crippen LogP contribution in [0, 0.1) is 0 Å². The molecule has 2 aromatic carbocycles. The second-order valence-corrected chi connectivity index (χ2v) is 5.74. The SMILES string of the molecule is O=C(C[C@@H]1CNCCO1)NCc1cccc(-c2ccccc2)c1. The Hall–Kier alpha value is -2.17. The van der Waals surface area contributed by atoms with Crippen LogP contribution in [0.3, 0.4) is 0 Å². The molecule has 0 bridgehead atoms. The molecule has 0 unspecified atom stereocenters. The molecule has 3 rings (SSSR count). The third kappa shape index (κ3) is 4.65. The van der Waals surface area contributed by atoms with Gasteiger partial charge in [-0.2, -0.15) is 0 Å². The van der Waals surface area contributed by atoms with Crippen molar-refractivity contribution in [3.63, 3.8) is 0 Å².